The number of barbiturate groups is 1. The van der Waals surface area contributed by atoms with Gasteiger partial charge in [-0.25, -0.2) is 4.79 Å². The van der Waals surface area contributed by atoms with Crippen LogP contribution >= 0.6 is 0 Å². The summed E-state index contributed by atoms with van der Waals surface area (Å²) in [6.45, 7) is 8.04. The van der Waals surface area contributed by atoms with E-state index < -0.39 is 17.8 Å². The van der Waals surface area contributed by atoms with E-state index in [9.17, 15) is 14.4 Å². The Balaban J connectivity index is 2.08. The zero-order chi connectivity index (χ0) is 19.2. The van der Waals surface area contributed by atoms with Gasteiger partial charge in [0.05, 0.1) is 0 Å². The fourth-order valence-electron chi connectivity index (χ4n) is 3.10. The zero-order valence-corrected chi connectivity index (χ0v) is 15.5. The molecular weight excluding hydrogens is 330 g/mol. The summed E-state index contributed by atoms with van der Waals surface area (Å²) < 4.78 is 2.08. The maximum atomic E-state index is 12.3. The molecule has 0 bridgehead atoms. The van der Waals surface area contributed by atoms with Crippen molar-refractivity contribution in [3.63, 3.8) is 0 Å². The van der Waals surface area contributed by atoms with Crippen molar-refractivity contribution in [3.8, 4) is 5.69 Å². The molecule has 1 saturated heterocycles. The molecule has 1 aliphatic rings. The van der Waals surface area contributed by atoms with Crippen LogP contribution in [0.1, 0.15) is 28.1 Å². The van der Waals surface area contributed by atoms with E-state index in [0.717, 1.165) is 27.5 Å². The summed E-state index contributed by atoms with van der Waals surface area (Å²) in [6, 6.07) is 7.44. The third-order valence-electron chi connectivity index (χ3n) is 4.82. The van der Waals surface area contributed by atoms with Crippen LogP contribution in [0.15, 0.2) is 29.8 Å². The summed E-state index contributed by atoms with van der Waals surface area (Å²) in [6.07, 6.45) is 1.54. The Morgan fingerprint density at radius 2 is 1.65 bits per heavy atom. The van der Waals surface area contributed by atoms with Crippen LogP contribution in [-0.4, -0.2) is 34.4 Å². The first-order chi connectivity index (χ1) is 12.2. The monoisotopic (exact) mass is 351 g/mol. The van der Waals surface area contributed by atoms with Crippen LogP contribution in [0.2, 0.25) is 0 Å². The van der Waals surface area contributed by atoms with Gasteiger partial charge in [-0.2, -0.15) is 0 Å². The number of carbonyl (C=O) groups excluding carboxylic acids is 3. The van der Waals surface area contributed by atoms with Gasteiger partial charge in [0.2, 0.25) is 0 Å². The second kappa shape index (κ2) is 6.29. The molecule has 2 heterocycles. The number of hydrogen-bond acceptors (Lipinski definition) is 3. The molecule has 0 atom stereocenters. The number of benzene rings is 1. The number of aryl methyl sites for hydroxylation is 3. The molecule has 3 rings (SSSR count). The molecule has 26 heavy (non-hydrogen) atoms. The Kier molecular flexibility index (Phi) is 4.28. The minimum Gasteiger partial charge on any atom is -0.318 e. The normalized spacial score (nSPS) is 16.4. The molecule has 0 saturated carbocycles. The molecule has 1 aromatic carbocycles. The van der Waals surface area contributed by atoms with Gasteiger partial charge in [-0.3, -0.25) is 19.8 Å². The molecule has 0 unspecified atom stereocenters. The number of nitrogens with one attached hydrogen (secondary N) is 1. The lowest BCUT2D eigenvalue weighted by molar-refractivity contribution is -0.129. The lowest BCUT2D eigenvalue weighted by Crippen LogP contribution is -2.52. The third kappa shape index (κ3) is 2.83. The summed E-state index contributed by atoms with van der Waals surface area (Å²) >= 11 is 0. The Labute approximate surface area is 152 Å². The highest BCUT2D eigenvalue weighted by Gasteiger charge is 2.33. The van der Waals surface area contributed by atoms with Crippen molar-refractivity contribution < 1.29 is 14.4 Å². The van der Waals surface area contributed by atoms with Gasteiger partial charge in [0, 0.05) is 24.1 Å². The lowest BCUT2D eigenvalue weighted by atomic mass is 10.1. The summed E-state index contributed by atoms with van der Waals surface area (Å²) in [5.74, 6) is -1.27. The van der Waals surface area contributed by atoms with Gasteiger partial charge in [-0.15, -0.1) is 0 Å². The van der Waals surface area contributed by atoms with E-state index in [2.05, 4.69) is 35.9 Å². The van der Waals surface area contributed by atoms with Crippen molar-refractivity contribution in [1.82, 2.24) is 14.8 Å². The Morgan fingerprint density at radius 1 is 0.962 bits per heavy atom. The highest BCUT2D eigenvalue weighted by molar-refractivity contribution is 6.30. The second-order valence-electron chi connectivity index (χ2n) is 6.61. The number of imide groups is 2. The van der Waals surface area contributed by atoms with Crippen LogP contribution in [-0.2, 0) is 9.59 Å². The van der Waals surface area contributed by atoms with E-state index in [-0.39, 0.29) is 5.57 Å². The largest absolute Gasteiger partial charge is 0.331 e. The van der Waals surface area contributed by atoms with E-state index in [1.807, 2.05) is 26.0 Å². The number of aromatic nitrogens is 1. The highest BCUT2D eigenvalue weighted by atomic mass is 16.2. The number of rotatable bonds is 2. The van der Waals surface area contributed by atoms with Gasteiger partial charge in [0.15, 0.2) is 0 Å². The fraction of sp³-hybridized carbons (Fsp3) is 0.250. The first kappa shape index (κ1) is 17.7. The standard InChI is InChI=1S/C20H21N3O3/c1-11-6-7-16(8-12(11)2)23-13(3)9-15(14(23)4)10-17-18(24)21-20(26)22(5)19(17)25/h6-10H,1-5H3,(H,21,24,26)/b17-10+. The lowest BCUT2D eigenvalue weighted by Gasteiger charge is -2.22. The fourth-order valence-corrected chi connectivity index (χ4v) is 3.10. The van der Waals surface area contributed by atoms with Gasteiger partial charge >= 0.3 is 6.03 Å². The number of amides is 4. The molecule has 0 aliphatic carbocycles. The maximum absolute atomic E-state index is 12.3. The molecule has 2 aromatic rings. The van der Waals surface area contributed by atoms with Crippen molar-refractivity contribution >= 4 is 23.9 Å². The van der Waals surface area contributed by atoms with Gasteiger partial charge in [-0.05, 0) is 68.7 Å². The predicted octanol–water partition coefficient (Wildman–Crippen LogP) is 2.80. The quantitative estimate of drug-likeness (QED) is 0.668. The van der Waals surface area contributed by atoms with Gasteiger partial charge in [-0.1, -0.05) is 6.07 Å². The summed E-state index contributed by atoms with van der Waals surface area (Å²) in [7, 11) is 1.34. The minimum atomic E-state index is -0.710. The van der Waals surface area contributed by atoms with Crippen LogP contribution in [0.4, 0.5) is 4.79 Å². The van der Waals surface area contributed by atoms with E-state index in [0.29, 0.717) is 0 Å². The van der Waals surface area contributed by atoms with Crippen LogP contribution in [0.3, 0.4) is 0 Å². The number of nitrogens with zero attached hydrogens (tertiary/aromatic N) is 2. The summed E-state index contributed by atoms with van der Waals surface area (Å²) in [5, 5.41) is 2.17. The summed E-state index contributed by atoms with van der Waals surface area (Å²) in [4.78, 5) is 36.8. The van der Waals surface area contributed by atoms with E-state index in [1.54, 1.807) is 6.08 Å². The topological polar surface area (TPSA) is 71.4 Å². The van der Waals surface area contributed by atoms with Gasteiger partial charge in [0.25, 0.3) is 11.8 Å². The molecule has 6 heteroatoms. The first-order valence-corrected chi connectivity index (χ1v) is 8.32. The van der Waals surface area contributed by atoms with E-state index in [1.165, 1.54) is 18.2 Å². The van der Waals surface area contributed by atoms with Gasteiger partial charge < -0.3 is 4.57 Å². The van der Waals surface area contributed by atoms with Crippen molar-refractivity contribution in [3.05, 3.63) is 57.9 Å². The SMILES string of the molecule is Cc1ccc(-n2c(C)cc(/C=C3\C(=O)NC(=O)N(C)C3=O)c2C)cc1C. The molecule has 134 valence electrons. The molecular formula is C20H21N3O3. The van der Waals surface area contributed by atoms with Crippen molar-refractivity contribution in [1.29, 1.82) is 0 Å². The third-order valence-corrected chi connectivity index (χ3v) is 4.82. The summed E-state index contributed by atoms with van der Waals surface area (Å²) in [5.41, 5.74) is 6.06. The van der Waals surface area contributed by atoms with E-state index >= 15 is 0 Å². The van der Waals surface area contributed by atoms with Crippen LogP contribution in [0, 0.1) is 27.7 Å². The zero-order valence-electron chi connectivity index (χ0n) is 15.5. The Morgan fingerprint density at radius 3 is 2.31 bits per heavy atom. The van der Waals surface area contributed by atoms with Crippen LogP contribution in [0.5, 0.6) is 0 Å². The van der Waals surface area contributed by atoms with Gasteiger partial charge in [0.1, 0.15) is 5.57 Å². The molecule has 1 aliphatic heterocycles. The second-order valence-corrected chi connectivity index (χ2v) is 6.61. The van der Waals surface area contributed by atoms with E-state index in [4.69, 9.17) is 0 Å². The van der Waals surface area contributed by atoms with Crippen molar-refractivity contribution in [2.45, 2.75) is 27.7 Å². The molecule has 1 N–H and O–H groups in total. The molecule has 6 nitrogen and oxygen atoms in total. The molecule has 1 fully saturated rings. The van der Waals surface area contributed by atoms with Crippen molar-refractivity contribution in [2.75, 3.05) is 7.05 Å². The number of likely N-dealkylation sites (N-methyl/N-ethyl adjacent to an activating group) is 1. The predicted molar refractivity (Wildman–Crippen MR) is 99.0 cm³/mol. The molecule has 1 aromatic heterocycles. The first-order valence-electron chi connectivity index (χ1n) is 8.32. The van der Waals surface area contributed by atoms with Crippen LogP contribution < -0.4 is 5.32 Å². The number of hydrogen-bond donors (Lipinski definition) is 1. The molecule has 0 radical (unpaired) electrons. The maximum Gasteiger partial charge on any atom is 0.331 e. The average molecular weight is 351 g/mol. The molecule has 4 amide bonds. The Hall–Kier alpha value is -3.15. The Bertz CT molecular complexity index is 982. The van der Waals surface area contributed by atoms with Crippen molar-refractivity contribution in [2.24, 2.45) is 0 Å². The number of carbonyl (C=O) groups is 3. The number of urea groups is 1. The highest BCUT2D eigenvalue weighted by Crippen LogP contribution is 2.25. The smallest absolute Gasteiger partial charge is 0.318 e. The van der Waals surface area contributed by atoms with Crippen LogP contribution in [0.25, 0.3) is 11.8 Å². The average Bonchev–Trinajstić information content (AvgIpc) is 2.86. The minimum absolute atomic E-state index is 0.0487. The molecule has 0 spiro atoms.